The summed E-state index contributed by atoms with van der Waals surface area (Å²) >= 11 is 3.28. The molecule has 96 valence electrons. The third kappa shape index (κ3) is 3.55. The number of phenolic OH excluding ortho intramolecular Hbond substituents is 1. The van der Waals surface area contributed by atoms with Crippen LogP contribution in [0.2, 0.25) is 0 Å². The SMILES string of the molecule is Cc1ccc(/C=C/C(=O)c2cc(Br)ccc2O)cc1. The Labute approximate surface area is 120 Å². The van der Waals surface area contributed by atoms with Crippen molar-refractivity contribution < 1.29 is 9.90 Å². The van der Waals surface area contributed by atoms with E-state index < -0.39 is 0 Å². The molecular weight excluding hydrogens is 304 g/mol. The van der Waals surface area contributed by atoms with E-state index >= 15 is 0 Å². The van der Waals surface area contributed by atoms with E-state index in [2.05, 4.69) is 15.9 Å². The zero-order valence-electron chi connectivity index (χ0n) is 10.4. The molecule has 0 bridgehead atoms. The van der Waals surface area contributed by atoms with Crippen molar-refractivity contribution in [2.45, 2.75) is 6.92 Å². The largest absolute Gasteiger partial charge is 0.507 e. The number of hydrogen-bond donors (Lipinski definition) is 1. The number of carbonyl (C=O) groups excluding carboxylic acids is 1. The van der Waals surface area contributed by atoms with Gasteiger partial charge in [0.2, 0.25) is 0 Å². The first-order valence-corrected chi connectivity index (χ1v) is 6.63. The molecule has 0 saturated heterocycles. The highest BCUT2D eigenvalue weighted by Gasteiger charge is 2.08. The van der Waals surface area contributed by atoms with Crippen LogP contribution >= 0.6 is 15.9 Å². The zero-order valence-corrected chi connectivity index (χ0v) is 12.0. The molecule has 0 amide bonds. The van der Waals surface area contributed by atoms with Crippen molar-refractivity contribution in [2.75, 3.05) is 0 Å². The molecule has 0 aliphatic rings. The van der Waals surface area contributed by atoms with Crippen molar-refractivity contribution in [1.82, 2.24) is 0 Å². The molecule has 0 aromatic heterocycles. The van der Waals surface area contributed by atoms with Gasteiger partial charge in [-0.05, 0) is 36.8 Å². The van der Waals surface area contributed by atoms with Crippen LogP contribution < -0.4 is 0 Å². The highest BCUT2D eigenvalue weighted by molar-refractivity contribution is 9.10. The number of benzene rings is 2. The van der Waals surface area contributed by atoms with Crippen LogP contribution in [0.4, 0.5) is 0 Å². The van der Waals surface area contributed by atoms with Crippen molar-refractivity contribution in [3.8, 4) is 5.75 Å². The Morgan fingerprint density at radius 2 is 1.84 bits per heavy atom. The molecule has 0 atom stereocenters. The fourth-order valence-electron chi connectivity index (χ4n) is 1.64. The van der Waals surface area contributed by atoms with E-state index in [0.29, 0.717) is 0 Å². The number of aromatic hydroxyl groups is 1. The number of ketones is 1. The number of phenols is 1. The van der Waals surface area contributed by atoms with Crippen LogP contribution in [-0.4, -0.2) is 10.9 Å². The van der Waals surface area contributed by atoms with Gasteiger partial charge in [-0.15, -0.1) is 0 Å². The van der Waals surface area contributed by atoms with Crippen LogP contribution in [0.15, 0.2) is 53.0 Å². The Morgan fingerprint density at radius 1 is 1.16 bits per heavy atom. The minimum absolute atomic E-state index is 0.0123. The summed E-state index contributed by atoms with van der Waals surface area (Å²) in [5, 5.41) is 9.66. The summed E-state index contributed by atoms with van der Waals surface area (Å²) in [7, 11) is 0. The van der Waals surface area contributed by atoms with Gasteiger partial charge in [-0.25, -0.2) is 0 Å². The van der Waals surface area contributed by atoms with Crippen LogP contribution in [0.1, 0.15) is 21.5 Å². The average Bonchev–Trinajstić information content (AvgIpc) is 2.40. The minimum atomic E-state index is -0.223. The van der Waals surface area contributed by atoms with Gasteiger partial charge >= 0.3 is 0 Å². The summed E-state index contributed by atoms with van der Waals surface area (Å²) in [5.74, 6) is -0.235. The van der Waals surface area contributed by atoms with E-state index in [4.69, 9.17) is 0 Å². The molecule has 0 saturated carbocycles. The van der Waals surface area contributed by atoms with Crippen molar-refractivity contribution >= 4 is 27.8 Å². The first-order chi connectivity index (χ1) is 9.06. The summed E-state index contributed by atoms with van der Waals surface area (Å²) in [6.07, 6.45) is 3.20. The lowest BCUT2D eigenvalue weighted by molar-refractivity contribution is 0.104. The number of hydrogen-bond acceptors (Lipinski definition) is 2. The standard InChI is InChI=1S/C16H13BrO2/c1-11-2-4-12(5-3-11)6-8-15(18)14-10-13(17)7-9-16(14)19/h2-10,19H,1H3/b8-6+. The molecular formula is C16H13BrO2. The molecule has 0 unspecified atom stereocenters. The van der Waals surface area contributed by atoms with Crippen molar-refractivity contribution in [2.24, 2.45) is 0 Å². The molecule has 2 aromatic rings. The highest BCUT2D eigenvalue weighted by atomic mass is 79.9. The summed E-state index contributed by atoms with van der Waals surface area (Å²) in [5.41, 5.74) is 2.42. The van der Waals surface area contributed by atoms with E-state index in [1.807, 2.05) is 31.2 Å². The highest BCUT2D eigenvalue weighted by Crippen LogP contribution is 2.22. The predicted octanol–water partition coefficient (Wildman–Crippen LogP) is 4.36. The zero-order chi connectivity index (χ0) is 13.8. The van der Waals surface area contributed by atoms with Gasteiger partial charge in [0.15, 0.2) is 5.78 Å². The second-order valence-electron chi connectivity index (χ2n) is 4.27. The molecule has 0 heterocycles. The van der Waals surface area contributed by atoms with E-state index in [9.17, 15) is 9.90 Å². The molecule has 2 aromatic carbocycles. The number of carbonyl (C=O) groups is 1. The Kier molecular flexibility index (Phi) is 4.17. The Morgan fingerprint density at radius 3 is 2.53 bits per heavy atom. The van der Waals surface area contributed by atoms with Crippen molar-refractivity contribution in [1.29, 1.82) is 0 Å². The normalized spacial score (nSPS) is 10.8. The van der Waals surface area contributed by atoms with Crippen LogP contribution in [0, 0.1) is 6.92 Å². The quantitative estimate of drug-likeness (QED) is 0.674. The van der Waals surface area contributed by atoms with Crippen molar-refractivity contribution in [3.05, 3.63) is 69.7 Å². The summed E-state index contributed by atoms with van der Waals surface area (Å²) < 4.78 is 0.761. The maximum Gasteiger partial charge on any atom is 0.189 e. The van der Waals surface area contributed by atoms with Gasteiger partial charge in [-0.2, -0.15) is 0 Å². The molecule has 0 aliphatic carbocycles. The first kappa shape index (κ1) is 13.6. The van der Waals surface area contributed by atoms with E-state index in [-0.39, 0.29) is 17.1 Å². The number of allylic oxidation sites excluding steroid dienone is 1. The molecule has 1 N–H and O–H groups in total. The van der Waals surface area contributed by atoms with Gasteiger partial charge < -0.3 is 5.11 Å². The predicted molar refractivity (Wildman–Crippen MR) is 80.4 cm³/mol. The first-order valence-electron chi connectivity index (χ1n) is 5.84. The molecule has 3 heteroatoms. The monoisotopic (exact) mass is 316 g/mol. The average molecular weight is 317 g/mol. The third-order valence-electron chi connectivity index (χ3n) is 2.73. The summed E-state index contributed by atoms with van der Waals surface area (Å²) in [4.78, 5) is 12.0. The summed E-state index contributed by atoms with van der Waals surface area (Å²) in [6, 6.07) is 12.7. The van der Waals surface area contributed by atoms with E-state index in [0.717, 1.165) is 10.0 Å². The Balaban J connectivity index is 2.21. The van der Waals surface area contributed by atoms with Gasteiger partial charge in [0.1, 0.15) is 5.75 Å². The number of rotatable bonds is 3. The molecule has 0 spiro atoms. The lowest BCUT2D eigenvalue weighted by Crippen LogP contribution is -1.94. The molecule has 0 fully saturated rings. The van der Waals surface area contributed by atoms with Gasteiger partial charge in [-0.3, -0.25) is 4.79 Å². The number of aryl methyl sites for hydroxylation is 1. The maximum atomic E-state index is 12.0. The third-order valence-corrected chi connectivity index (χ3v) is 3.22. The van der Waals surface area contributed by atoms with Crippen LogP contribution in [0.3, 0.4) is 0 Å². The summed E-state index contributed by atoms with van der Waals surface area (Å²) in [6.45, 7) is 2.01. The number of halogens is 1. The van der Waals surface area contributed by atoms with Crippen LogP contribution in [-0.2, 0) is 0 Å². The lowest BCUT2D eigenvalue weighted by atomic mass is 10.1. The van der Waals surface area contributed by atoms with E-state index in [1.165, 1.54) is 17.7 Å². The van der Waals surface area contributed by atoms with Crippen molar-refractivity contribution in [3.63, 3.8) is 0 Å². The molecule has 0 aliphatic heterocycles. The fourth-order valence-corrected chi connectivity index (χ4v) is 2.01. The smallest absolute Gasteiger partial charge is 0.189 e. The van der Waals surface area contributed by atoms with Crippen LogP contribution in [0.5, 0.6) is 5.75 Å². The van der Waals surface area contributed by atoms with Gasteiger partial charge in [0.25, 0.3) is 0 Å². The second-order valence-corrected chi connectivity index (χ2v) is 5.19. The Bertz CT molecular complexity index is 628. The van der Waals surface area contributed by atoms with Gasteiger partial charge in [0.05, 0.1) is 5.56 Å². The second kappa shape index (κ2) is 5.85. The molecule has 2 nitrogen and oxygen atoms in total. The molecule has 2 rings (SSSR count). The fraction of sp³-hybridized carbons (Fsp3) is 0.0625. The minimum Gasteiger partial charge on any atom is -0.507 e. The Hall–Kier alpha value is -1.87. The van der Waals surface area contributed by atoms with Gasteiger partial charge in [0, 0.05) is 4.47 Å². The maximum absolute atomic E-state index is 12.0. The lowest BCUT2D eigenvalue weighted by Gasteiger charge is -2.01. The van der Waals surface area contributed by atoms with Gasteiger partial charge in [-0.1, -0.05) is 51.8 Å². The van der Waals surface area contributed by atoms with E-state index in [1.54, 1.807) is 18.2 Å². The van der Waals surface area contributed by atoms with Crippen LogP contribution in [0.25, 0.3) is 6.08 Å². The topological polar surface area (TPSA) is 37.3 Å². The molecule has 19 heavy (non-hydrogen) atoms. The molecule has 0 radical (unpaired) electrons.